The molecule has 2 aliphatic rings. The summed E-state index contributed by atoms with van der Waals surface area (Å²) in [6.07, 6.45) is 3.23. The largest absolute Gasteiger partial charge is 0.346 e. The fourth-order valence-electron chi connectivity index (χ4n) is 6.83. The number of hydrogen-bond acceptors (Lipinski definition) is 2. The lowest BCUT2D eigenvalue weighted by molar-refractivity contribution is -0.132. The number of likely N-dealkylation sites (tertiary alicyclic amines) is 1. The Kier molecular flexibility index (Phi) is 6.53. The van der Waals surface area contributed by atoms with E-state index >= 15 is 0 Å². The fourth-order valence-corrected chi connectivity index (χ4v) is 6.83. The van der Waals surface area contributed by atoms with Crippen molar-refractivity contribution < 1.29 is 4.79 Å². The van der Waals surface area contributed by atoms with Crippen LogP contribution >= 0.6 is 0 Å². The summed E-state index contributed by atoms with van der Waals surface area (Å²) in [7, 11) is 0. The summed E-state index contributed by atoms with van der Waals surface area (Å²) in [6.45, 7) is 5.90. The molecule has 2 aliphatic heterocycles. The molecule has 2 atom stereocenters. The molecule has 38 heavy (non-hydrogen) atoms. The van der Waals surface area contributed by atoms with Crippen molar-refractivity contribution in [2.24, 2.45) is 0 Å². The van der Waals surface area contributed by atoms with E-state index in [-0.39, 0.29) is 17.5 Å². The summed E-state index contributed by atoms with van der Waals surface area (Å²) in [6, 6.07) is 37.0. The number of amides is 1. The van der Waals surface area contributed by atoms with E-state index in [1.807, 2.05) is 6.07 Å². The Balaban J connectivity index is 1.39. The lowest BCUT2D eigenvalue weighted by Crippen LogP contribution is -2.52. The highest BCUT2D eigenvalue weighted by Gasteiger charge is 2.58. The summed E-state index contributed by atoms with van der Waals surface area (Å²) in [5, 5.41) is 0. The SMILES string of the molecule is Cc1cccc(CN2c3ccccc3C3(Cc4cccc(C)c4)CCN(C(=O)CCc4ccccc4)C23)c1. The first-order valence-electron chi connectivity index (χ1n) is 13.8. The molecule has 0 aromatic heterocycles. The minimum atomic E-state index is -0.128. The number of anilines is 1. The molecule has 2 unspecified atom stereocenters. The Morgan fingerprint density at radius 1 is 0.789 bits per heavy atom. The topological polar surface area (TPSA) is 23.6 Å². The minimum absolute atomic E-state index is 0.00389. The second-order valence-corrected chi connectivity index (χ2v) is 11.2. The van der Waals surface area contributed by atoms with Gasteiger partial charge >= 0.3 is 0 Å². The van der Waals surface area contributed by atoms with Gasteiger partial charge < -0.3 is 9.80 Å². The van der Waals surface area contributed by atoms with E-state index in [0.29, 0.717) is 6.42 Å². The third kappa shape index (κ3) is 4.51. The molecule has 0 spiro atoms. The molecule has 0 radical (unpaired) electrons. The van der Waals surface area contributed by atoms with Crippen molar-refractivity contribution in [2.45, 2.75) is 57.7 Å². The Labute approximate surface area is 226 Å². The van der Waals surface area contributed by atoms with Gasteiger partial charge in [-0.1, -0.05) is 108 Å². The Morgan fingerprint density at radius 3 is 2.21 bits per heavy atom. The van der Waals surface area contributed by atoms with Gasteiger partial charge in [-0.15, -0.1) is 0 Å². The van der Waals surface area contributed by atoms with Gasteiger partial charge in [0.25, 0.3) is 0 Å². The highest BCUT2D eigenvalue weighted by atomic mass is 16.2. The maximum atomic E-state index is 13.9. The molecule has 0 saturated carbocycles. The molecule has 4 aromatic rings. The van der Waals surface area contributed by atoms with Gasteiger partial charge in [-0.25, -0.2) is 0 Å². The molecule has 0 bridgehead atoms. The van der Waals surface area contributed by atoms with Gasteiger partial charge in [0.2, 0.25) is 5.91 Å². The molecule has 0 N–H and O–H groups in total. The fraction of sp³-hybridized carbons (Fsp3) is 0.286. The molecular formula is C35H36N2O. The second kappa shape index (κ2) is 10.1. The smallest absolute Gasteiger partial charge is 0.224 e. The minimum Gasteiger partial charge on any atom is -0.346 e. The third-order valence-electron chi connectivity index (χ3n) is 8.46. The third-order valence-corrected chi connectivity index (χ3v) is 8.46. The van der Waals surface area contributed by atoms with Gasteiger partial charge in [-0.3, -0.25) is 4.79 Å². The zero-order chi connectivity index (χ0) is 26.1. The molecular weight excluding hydrogens is 464 g/mol. The van der Waals surface area contributed by atoms with Crippen LogP contribution in [0.1, 0.15) is 46.2 Å². The van der Waals surface area contributed by atoms with Gasteiger partial charge in [0.15, 0.2) is 0 Å². The maximum absolute atomic E-state index is 13.9. The van der Waals surface area contributed by atoms with Crippen molar-refractivity contribution in [3.05, 3.63) is 137 Å². The van der Waals surface area contributed by atoms with Crippen molar-refractivity contribution in [2.75, 3.05) is 11.4 Å². The van der Waals surface area contributed by atoms with Gasteiger partial charge in [-0.2, -0.15) is 0 Å². The first-order chi connectivity index (χ1) is 18.5. The van der Waals surface area contributed by atoms with Gasteiger partial charge in [0.05, 0.1) is 0 Å². The summed E-state index contributed by atoms with van der Waals surface area (Å²) in [5.74, 6) is 0.256. The molecule has 1 saturated heterocycles. The number of hydrogen-bond donors (Lipinski definition) is 0. The number of rotatable bonds is 7. The highest BCUT2D eigenvalue weighted by molar-refractivity contribution is 5.80. The number of carbonyl (C=O) groups excluding carboxylic acids is 1. The van der Waals surface area contributed by atoms with E-state index in [0.717, 1.165) is 32.4 Å². The van der Waals surface area contributed by atoms with Gasteiger partial charge in [-0.05, 0) is 61.4 Å². The van der Waals surface area contributed by atoms with Crippen LogP contribution in [-0.2, 0) is 29.6 Å². The highest BCUT2D eigenvalue weighted by Crippen LogP contribution is 2.54. The monoisotopic (exact) mass is 500 g/mol. The zero-order valence-electron chi connectivity index (χ0n) is 22.4. The van der Waals surface area contributed by atoms with Crippen molar-refractivity contribution in [3.8, 4) is 0 Å². The first kappa shape index (κ1) is 24.5. The molecule has 1 amide bonds. The van der Waals surface area contributed by atoms with Crippen LogP contribution in [0.2, 0.25) is 0 Å². The predicted octanol–water partition coefficient (Wildman–Crippen LogP) is 7.00. The van der Waals surface area contributed by atoms with E-state index in [2.05, 4.69) is 121 Å². The normalized spacial score (nSPS) is 19.9. The van der Waals surface area contributed by atoms with E-state index < -0.39 is 0 Å². The number of nitrogens with zero attached hydrogens (tertiary/aromatic N) is 2. The number of benzene rings is 4. The van der Waals surface area contributed by atoms with E-state index in [1.165, 1.54) is 39.1 Å². The summed E-state index contributed by atoms with van der Waals surface area (Å²) in [4.78, 5) is 18.6. The van der Waals surface area contributed by atoms with Crippen LogP contribution in [0.25, 0.3) is 0 Å². The Hall–Kier alpha value is -3.85. The van der Waals surface area contributed by atoms with Crippen molar-refractivity contribution in [3.63, 3.8) is 0 Å². The van der Waals surface area contributed by atoms with Crippen LogP contribution in [0.5, 0.6) is 0 Å². The Bertz CT molecular complexity index is 1450. The molecule has 3 nitrogen and oxygen atoms in total. The number of carbonyl (C=O) groups is 1. The van der Waals surface area contributed by atoms with Crippen molar-refractivity contribution in [1.29, 1.82) is 0 Å². The second-order valence-electron chi connectivity index (χ2n) is 11.2. The molecule has 4 aromatic carbocycles. The summed E-state index contributed by atoms with van der Waals surface area (Å²) >= 11 is 0. The lowest BCUT2D eigenvalue weighted by Gasteiger charge is -2.39. The molecule has 192 valence electrons. The van der Waals surface area contributed by atoms with Crippen LogP contribution in [0.4, 0.5) is 5.69 Å². The molecule has 2 heterocycles. The van der Waals surface area contributed by atoms with Crippen molar-refractivity contribution >= 4 is 11.6 Å². The van der Waals surface area contributed by atoms with Gasteiger partial charge in [0.1, 0.15) is 6.17 Å². The lowest BCUT2D eigenvalue weighted by atomic mass is 9.74. The average molecular weight is 501 g/mol. The van der Waals surface area contributed by atoms with E-state index in [4.69, 9.17) is 0 Å². The molecule has 0 aliphatic carbocycles. The van der Waals surface area contributed by atoms with Crippen LogP contribution in [0, 0.1) is 13.8 Å². The number of fused-ring (bicyclic) bond motifs is 3. The van der Waals surface area contributed by atoms with Gasteiger partial charge in [0, 0.05) is 30.6 Å². The molecule has 1 fully saturated rings. The summed E-state index contributed by atoms with van der Waals surface area (Å²) in [5.41, 5.74) is 8.93. The van der Waals surface area contributed by atoms with E-state index in [9.17, 15) is 4.79 Å². The molecule has 3 heteroatoms. The van der Waals surface area contributed by atoms with Crippen LogP contribution in [0.3, 0.4) is 0 Å². The van der Waals surface area contributed by atoms with E-state index in [1.54, 1.807) is 0 Å². The summed E-state index contributed by atoms with van der Waals surface area (Å²) < 4.78 is 0. The quantitative estimate of drug-likeness (QED) is 0.273. The zero-order valence-corrected chi connectivity index (χ0v) is 22.4. The number of para-hydroxylation sites is 1. The Morgan fingerprint density at radius 2 is 1.45 bits per heavy atom. The van der Waals surface area contributed by atoms with Crippen molar-refractivity contribution in [1.82, 2.24) is 4.90 Å². The first-order valence-corrected chi connectivity index (χ1v) is 13.8. The standard InChI is InChI=1S/C35H36N2O/c1-26-10-8-14-29(22-26)24-35-20-21-36(33(38)19-18-28-12-4-3-5-13-28)34(35)37(32-17-7-6-16-31(32)35)25-30-15-9-11-27(2)23-30/h3-17,22-23,34H,18-21,24-25H2,1-2H3. The van der Waals surface area contributed by atoms with Crippen LogP contribution in [0.15, 0.2) is 103 Å². The van der Waals surface area contributed by atoms with Crippen LogP contribution < -0.4 is 4.90 Å². The average Bonchev–Trinajstić information content (AvgIpc) is 3.41. The molecule has 6 rings (SSSR count). The number of aryl methyl sites for hydroxylation is 3. The maximum Gasteiger partial charge on any atom is 0.224 e. The van der Waals surface area contributed by atoms with Crippen LogP contribution in [-0.4, -0.2) is 23.5 Å². The predicted molar refractivity (Wildman–Crippen MR) is 155 cm³/mol.